The third-order valence-corrected chi connectivity index (χ3v) is 2.64. The van der Waals surface area contributed by atoms with E-state index in [1.54, 1.807) is 4.90 Å². The van der Waals surface area contributed by atoms with Crippen molar-refractivity contribution in [1.29, 1.82) is 0 Å². The van der Waals surface area contributed by atoms with Crippen LogP contribution in [0, 0.1) is 0 Å². The molecule has 3 heteroatoms. The number of allylic oxidation sites excluding steroid dienone is 2. The van der Waals surface area contributed by atoms with Gasteiger partial charge in [-0.3, -0.25) is 4.79 Å². The van der Waals surface area contributed by atoms with Crippen molar-refractivity contribution in [3.8, 4) is 0 Å². The first-order valence-corrected chi connectivity index (χ1v) is 4.56. The minimum atomic E-state index is 0.139. The monoisotopic (exact) mass is 173 g/mol. The van der Waals surface area contributed by atoms with Gasteiger partial charge >= 0.3 is 0 Å². The maximum atomic E-state index is 11.4. The van der Waals surface area contributed by atoms with Gasteiger partial charge in [0.05, 0.1) is 14.3 Å². The summed E-state index contributed by atoms with van der Waals surface area (Å²) >= 11 is 0. The molecule has 1 saturated heterocycles. The van der Waals surface area contributed by atoms with E-state index in [0.29, 0.717) is 6.42 Å². The highest BCUT2D eigenvalue weighted by atomic mass is 16.2. The lowest BCUT2D eigenvalue weighted by atomic mass is 9.76. The van der Waals surface area contributed by atoms with Gasteiger partial charge < -0.3 is 4.90 Å². The number of hydrogen-bond acceptors (Lipinski definition) is 1. The summed E-state index contributed by atoms with van der Waals surface area (Å²) in [5, 5.41) is 0. The first-order chi connectivity index (χ1) is 6.16. The molecule has 1 aliphatic heterocycles. The zero-order valence-corrected chi connectivity index (χ0v) is 7.79. The van der Waals surface area contributed by atoms with Crippen LogP contribution < -0.4 is 0 Å². The van der Waals surface area contributed by atoms with Crippen molar-refractivity contribution in [3.05, 3.63) is 23.3 Å². The van der Waals surface area contributed by atoms with Crippen LogP contribution in [0.5, 0.6) is 0 Å². The summed E-state index contributed by atoms with van der Waals surface area (Å²) < 4.78 is 0. The average Bonchev–Trinajstić information content (AvgIpc) is 2.08. The predicted octanol–water partition coefficient (Wildman–Crippen LogP) is 1.06. The Morgan fingerprint density at radius 2 is 2.31 bits per heavy atom. The molecule has 0 N–H and O–H groups in total. The van der Waals surface area contributed by atoms with Crippen molar-refractivity contribution in [2.75, 3.05) is 13.6 Å². The number of fused-ring (bicyclic) bond motifs is 1. The molecule has 2 nitrogen and oxygen atoms in total. The molecule has 2 rings (SSSR count). The first-order valence-electron chi connectivity index (χ1n) is 4.56. The Bertz CT molecular complexity index is 306. The Morgan fingerprint density at radius 3 is 3.08 bits per heavy atom. The van der Waals surface area contributed by atoms with Crippen molar-refractivity contribution >= 4 is 13.8 Å². The van der Waals surface area contributed by atoms with Gasteiger partial charge in [-0.1, -0.05) is 18.0 Å². The molecule has 0 bridgehead atoms. The standard InChI is InChI=1S/C10H12BNO/c1-12-6-8-4-9(11)3-2-7(8)5-10(12)13/h2,4,9H,3,5-6H2,1H3. The van der Waals surface area contributed by atoms with E-state index in [9.17, 15) is 4.79 Å². The highest BCUT2D eigenvalue weighted by Gasteiger charge is 2.24. The van der Waals surface area contributed by atoms with E-state index in [4.69, 9.17) is 7.85 Å². The summed E-state index contributed by atoms with van der Waals surface area (Å²) in [6, 6.07) is 0. The second-order valence-corrected chi connectivity index (χ2v) is 3.75. The lowest BCUT2D eigenvalue weighted by Gasteiger charge is -2.30. The second kappa shape index (κ2) is 3.06. The van der Waals surface area contributed by atoms with Crippen molar-refractivity contribution in [2.45, 2.75) is 18.7 Å². The van der Waals surface area contributed by atoms with Crippen LogP contribution in [0.4, 0.5) is 0 Å². The number of hydrogen-bond donors (Lipinski definition) is 0. The maximum absolute atomic E-state index is 11.4. The smallest absolute Gasteiger partial charge is 0.227 e. The minimum Gasteiger partial charge on any atom is -0.341 e. The molecule has 1 heterocycles. The number of carbonyl (C=O) groups is 1. The number of nitrogens with zero attached hydrogens (tertiary/aromatic N) is 1. The Hall–Kier alpha value is -0.985. The highest BCUT2D eigenvalue weighted by molar-refractivity contribution is 6.13. The van der Waals surface area contributed by atoms with Crippen molar-refractivity contribution in [2.24, 2.45) is 0 Å². The number of likely N-dealkylation sites (N-methyl/N-ethyl adjacent to an activating group) is 1. The molecule has 13 heavy (non-hydrogen) atoms. The van der Waals surface area contributed by atoms with E-state index in [0.717, 1.165) is 13.0 Å². The Balaban J connectivity index is 2.24. The van der Waals surface area contributed by atoms with E-state index in [-0.39, 0.29) is 11.7 Å². The molecular formula is C10H12BNO. The molecular weight excluding hydrogens is 161 g/mol. The number of likely N-dealkylation sites (tertiary alicyclic amines) is 1. The summed E-state index contributed by atoms with van der Waals surface area (Å²) in [7, 11) is 7.63. The van der Waals surface area contributed by atoms with Crippen LogP contribution in [0.3, 0.4) is 0 Å². The number of amides is 1. The van der Waals surface area contributed by atoms with Crippen molar-refractivity contribution in [1.82, 2.24) is 4.90 Å². The van der Waals surface area contributed by atoms with Gasteiger partial charge in [0, 0.05) is 13.6 Å². The number of rotatable bonds is 0. The molecule has 66 valence electrons. The topological polar surface area (TPSA) is 20.3 Å². The van der Waals surface area contributed by atoms with Crippen LogP contribution >= 0.6 is 0 Å². The van der Waals surface area contributed by atoms with Gasteiger partial charge in [0.1, 0.15) is 0 Å². The van der Waals surface area contributed by atoms with Gasteiger partial charge in [-0.2, -0.15) is 0 Å². The average molecular weight is 173 g/mol. The highest BCUT2D eigenvalue weighted by Crippen LogP contribution is 2.30. The molecule has 1 aliphatic carbocycles. The SMILES string of the molecule is [B]C1C=C2CN(C)C(=O)CC2=CC1. The van der Waals surface area contributed by atoms with E-state index in [1.165, 1.54) is 11.1 Å². The van der Waals surface area contributed by atoms with Crippen LogP contribution in [0.2, 0.25) is 5.82 Å². The maximum Gasteiger partial charge on any atom is 0.227 e. The van der Waals surface area contributed by atoms with Crippen LogP contribution in [-0.4, -0.2) is 32.2 Å². The fourth-order valence-corrected chi connectivity index (χ4v) is 1.82. The summed E-state index contributed by atoms with van der Waals surface area (Å²) in [5.41, 5.74) is 2.42. The molecule has 1 atom stereocenters. The van der Waals surface area contributed by atoms with Crippen molar-refractivity contribution in [3.63, 3.8) is 0 Å². The quantitative estimate of drug-likeness (QED) is 0.501. The molecule has 0 saturated carbocycles. The van der Waals surface area contributed by atoms with Crippen LogP contribution in [0.1, 0.15) is 12.8 Å². The zero-order valence-electron chi connectivity index (χ0n) is 7.79. The minimum absolute atomic E-state index is 0.139. The Kier molecular flexibility index (Phi) is 2.02. The fraction of sp³-hybridized carbons (Fsp3) is 0.500. The van der Waals surface area contributed by atoms with Crippen molar-refractivity contribution < 1.29 is 4.79 Å². The predicted molar refractivity (Wildman–Crippen MR) is 52.5 cm³/mol. The molecule has 2 radical (unpaired) electrons. The molecule has 0 spiro atoms. The van der Waals surface area contributed by atoms with Gasteiger partial charge in [-0.15, -0.1) is 0 Å². The molecule has 0 aromatic carbocycles. The van der Waals surface area contributed by atoms with Gasteiger partial charge in [-0.05, 0) is 17.6 Å². The summed E-state index contributed by atoms with van der Waals surface area (Å²) in [5.74, 6) is 0.347. The van der Waals surface area contributed by atoms with Crippen LogP contribution in [0.25, 0.3) is 0 Å². The third kappa shape index (κ3) is 1.55. The summed E-state index contributed by atoms with van der Waals surface area (Å²) in [4.78, 5) is 13.1. The van der Waals surface area contributed by atoms with E-state index >= 15 is 0 Å². The normalized spacial score (nSPS) is 27.9. The molecule has 0 aromatic heterocycles. The van der Waals surface area contributed by atoms with Gasteiger partial charge in [0.25, 0.3) is 0 Å². The summed E-state index contributed by atoms with van der Waals surface area (Å²) in [6.45, 7) is 0.721. The van der Waals surface area contributed by atoms with Gasteiger partial charge in [-0.25, -0.2) is 0 Å². The Labute approximate surface area is 79.7 Å². The third-order valence-electron chi connectivity index (χ3n) is 2.64. The van der Waals surface area contributed by atoms with Gasteiger partial charge in [0.15, 0.2) is 0 Å². The van der Waals surface area contributed by atoms with E-state index < -0.39 is 0 Å². The lowest BCUT2D eigenvalue weighted by Crippen LogP contribution is -2.34. The number of piperidine rings is 1. The molecule has 2 aliphatic rings. The molecule has 1 amide bonds. The zero-order chi connectivity index (χ0) is 9.42. The first kappa shape index (κ1) is 8.61. The van der Waals surface area contributed by atoms with Crippen LogP contribution in [0.15, 0.2) is 23.3 Å². The summed E-state index contributed by atoms with van der Waals surface area (Å²) in [6.07, 6.45) is 5.61. The van der Waals surface area contributed by atoms with E-state index in [2.05, 4.69) is 12.2 Å². The second-order valence-electron chi connectivity index (χ2n) is 3.75. The molecule has 0 aromatic rings. The van der Waals surface area contributed by atoms with Gasteiger partial charge in [0.2, 0.25) is 5.91 Å². The van der Waals surface area contributed by atoms with E-state index in [1.807, 2.05) is 7.05 Å². The largest absolute Gasteiger partial charge is 0.341 e. The molecule has 1 unspecified atom stereocenters. The van der Waals surface area contributed by atoms with Crippen LogP contribution in [-0.2, 0) is 4.79 Å². The number of carbonyl (C=O) groups excluding carboxylic acids is 1. The Morgan fingerprint density at radius 1 is 1.54 bits per heavy atom. The fourth-order valence-electron chi connectivity index (χ4n) is 1.82. The lowest BCUT2D eigenvalue weighted by molar-refractivity contribution is -0.129. The molecule has 1 fully saturated rings.